The van der Waals surface area contributed by atoms with Crippen molar-refractivity contribution in [2.24, 2.45) is 5.41 Å². The molecule has 1 fully saturated rings. The number of aliphatic hydroxyl groups is 1. The molecule has 0 spiro atoms. The highest BCUT2D eigenvalue weighted by Gasteiger charge is 2.37. The van der Waals surface area contributed by atoms with Crippen molar-refractivity contribution >= 4 is 5.78 Å². The summed E-state index contributed by atoms with van der Waals surface area (Å²) in [5.74, 6) is 0.174. The second kappa shape index (κ2) is 4.01. The Morgan fingerprint density at radius 1 is 1.50 bits per heavy atom. The van der Waals surface area contributed by atoms with Crippen LogP contribution in [0.1, 0.15) is 26.2 Å². The van der Waals surface area contributed by atoms with Gasteiger partial charge in [-0.05, 0) is 12.8 Å². The first-order valence-corrected chi connectivity index (χ1v) is 4.47. The van der Waals surface area contributed by atoms with Gasteiger partial charge in [0.05, 0.1) is 12.0 Å². The smallest absolute Gasteiger partial charge is 0.141 e. The molecule has 0 radical (unpaired) electrons. The molecule has 0 atom stereocenters. The Labute approximate surface area is 72.7 Å². The molecule has 0 aliphatic carbocycles. The van der Waals surface area contributed by atoms with E-state index in [1.165, 1.54) is 0 Å². The molecule has 0 aromatic rings. The Bertz CT molecular complexity index is 159. The van der Waals surface area contributed by atoms with Gasteiger partial charge >= 0.3 is 0 Å². The first-order valence-electron chi connectivity index (χ1n) is 4.47. The predicted octanol–water partition coefficient (Wildman–Crippen LogP) is 0.755. The van der Waals surface area contributed by atoms with E-state index in [4.69, 9.17) is 9.84 Å². The SMILES string of the molecule is CCC(=O)C1(CO)CCOCC1. The highest BCUT2D eigenvalue weighted by Crippen LogP contribution is 2.31. The molecule has 0 aromatic carbocycles. The van der Waals surface area contributed by atoms with E-state index >= 15 is 0 Å². The number of carbonyl (C=O) groups excluding carboxylic acids is 1. The van der Waals surface area contributed by atoms with E-state index in [1.807, 2.05) is 6.92 Å². The first kappa shape index (κ1) is 9.68. The average molecular weight is 172 g/mol. The number of hydrogen-bond donors (Lipinski definition) is 1. The van der Waals surface area contributed by atoms with Gasteiger partial charge in [-0.15, -0.1) is 0 Å². The van der Waals surface area contributed by atoms with Gasteiger partial charge in [0.2, 0.25) is 0 Å². The van der Waals surface area contributed by atoms with E-state index in [9.17, 15) is 4.79 Å². The summed E-state index contributed by atoms with van der Waals surface area (Å²) in [6, 6.07) is 0. The summed E-state index contributed by atoms with van der Waals surface area (Å²) in [5, 5.41) is 9.17. The summed E-state index contributed by atoms with van der Waals surface area (Å²) in [5.41, 5.74) is -0.479. The van der Waals surface area contributed by atoms with Crippen LogP contribution in [0.3, 0.4) is 0 Å². The second-order valence-electron chi connectivity index (χ2n) is 3.33. The van der Waals surface area contributed by atoms with E-state index in [0.29, 0.717) is 32.5 Å². The average Bonchev–Trinajstić information content (AvgIpc) is 2.17. The third kappa shape index (κ3) is 1.67. The second-order valence-corrected chi connectivity index (χ2v) is 3.33. The maximum Gasteiger partial charge on any atom is 0.141 e. The third-order valence-electron chi connectivity index (χ3n) is 2.67. The molecule has 1 aliphatic rings. The Balaban J connectivity index is 2.66. The molecule has 3 heteroatoms. The van der Waals surface area contributed by atoms with Gasteiger partial charge < -0.3 is 9.84 Å². The van der Waals surface area contributed by atoms with Gasteiger partial charge in [0, 0.05) is 19.6 Å². The fraction of sp³-hybridized carbons (Fsp3) is 0.889. The minimum absolute atomic E-state index is 0.0248. The highest BCUT2D eigenvalue weighted by atomic mass is 16.5. The lowest BCUT2D eigenvalue weighted by molar-refractivity contribution is -0.137. The number of carbonyl (C=O) groups is 1. The van der Waals surface area contributed by atoms with Crippen molar-refractivity contribution in [2.45, 2.75) is 26.2 Å². The zero-order chi connectivity index (χ0) is 9.03. The van der Waals surface area contributed by atoms with E-state index in [-0.39, 0.29) is 12.4 Å². The van der Waals surface area contributed by atoms with Crippen LogP contribution < -0.4 is 0 Å². The number of Topliss-reactive ketones (excluding diaryl/α,β-unsaturated/α-hetero) is 1. The van der Waals surface area contributed by atoms with Crippen molar-refractivity contribution in [1.29, 1.82) is 0 Å². The molecule has 70 valence electrons. The minimum Gasteiger partial charge on any atom is -0.395 e. The summed E-state index contributed by atoms with van der Waals surface area (Å²) in [6.45, 7) is 3.02. The zero-order valence-corrected chi connectivity index (χ0v) is 7.51. The summed E-state index contributed by atoms with van der Waals surface area (Å²) >= 11 is 0. The normalized spacial score (nSPS) is 22.2. The van der Waals surface area contributed by atoms with Crippen LogP contribution in [0.15, 0.2) is 0 Å². The standard InChI is InChI=1S/C9H16O3/c1-2-8(11)9(7-10)3-5-12-6-4-9/h10H,2-7H2,1H3. The molecule has 0 aromatic heterocycles. The van der Waals surface area contributed by atoms with Gasteiger partial charge in [-0.25, -0.2) is 0 Å². The third-order valence-corrected chi connectivity index (χ3v) is 2.67. The number of rotatable bonds is 3. The van der Waals surface area contributed by atoms with Crippen molar-refractivity contribution in [1.82, 2.24) is 0 Å². The molecule has 1 rings (SSSR count). The Morgan fingerprint density at radius 3 is 2.50 bits per heavy atom. The Morgan fingerprint density at radius 2 is 2.08 bits per heavy atom. The van der Waals surface area contributed by atoms with Crippen LogP contribution in [0.4, 0.5) is 0 Å². The molecule has 1 aliphatic heterocycles. The zero-order valence-electron chi connectivity index (χ0n) is 7.51. The van der Waals surface area contributed by atoms with Gasteiger partial charge in [-0.2, -0.15) is 0 Å². The molecule has 1 saturated heterocycles. The summed E-state index contributed by atoms with van der Waals surface area (Å²) in [7, 11) is 0. The van der Waals surface area contributed by atoms with E-state index in [0.717, 1.165) is 0 Å². The lowest BCUT2D eigenvalue weighted by atomic mass is 9.76. The topological polar surface area (TPSA) is 46.5 Å². The first-order chi connectivity index (χ1) is 5.75. The molecule has 0 unspecified atom stereocenters. The quantitative estimate of drug-likeness (QED) is 0.683. The van der Waals surface area contributed by atoms with Crippen molar-refractivity contribution in [3.63, 3.8) is 0 Å². The minimum atomic E-state index is -0.479. The van der Waals surface area contributed by atoms with Crippen LogP contribution in [-0.4, -0.2) is 30.7 Å². The van der Waals surface area contributed by atoms with Crippen LogP contribution in [0.2, 0.25) is 0 Å². The fourth-order valence-electron chi connectivity index (χ4n) is 1.66. The predicted molar refractivity (Wildman–Crippen MR) is 44.9 cm³/mol. The molecular formula is C9H16O3. The van der Waals surface area contributed by atoms with Crippen LogP contribution >= 0.6 is 0 Å². The van der Waals surface area contributed by atoms with Gasteiger partial charge in [0.25, 0.3) is 0 Å². The molecule has 3 nitrogen and oxygen atoms in total. The lowest BCUT2D eigenvalue weighted by Crippen LogP contribution is -2.40. The largest absolute Gasteiger partial charge is 0.395 e. The molecule has 1 heterocycles. The molecule has 1 N–H and O–H groups in total. The van der Waals surface area contributed by atoms with Gasteiger partial charge in [0.1, 0.15) is 5.78 Å². The van der Waals surface area contributed by atoms with Crippen LogP contribution in [0.5, 0.6) is 0 Å². The van der Waals surface area contributed by atoms with E-state index < -0.39 is 5.41 Å². The van der Waals surface area contributed by atoms with Gasteiger partial charge in [-0.1, -0.05) is 6.92 Å². The number of ketones is 1. The number of ether oxygens (including phenoxy) is 1. The van der Waals surface area contributed by atoms with Gasteiger partial charge in [0.15, 0.2) is 0 Å². The van der Waals surface area contributed by atoms with E-state index in [1.54, 1.807) is 0 Å². The van der Waals surface area contributed by atoms with Gasteiger partial charge in [-0.3, -0.25) is 4.79 Å². The van der Waals surface area contributed by atoms with E-state index in [2.05, 4.69) is 0 Å². The monoisotopic (exact) mass is 172 g/mol. The Hall–Kier alpha value is -0.410. The molecule has 0 amide bonds. The van der Waals surface area contributed by atoms with Crippen LogP contribution in [0.25, 0.3) is 0 Å². The molecule has 12 heavy (non-hydrogen) atoms. The maximum atomic E-state index is 11.5. The molecule has 0 bridgehead atoms. The van der Waals surface area contributed by atoms with Crippen molar-refractivity contribution < 1.29 is 14.6 Å². The van der Waals surface area contributed by atoms with Crippen LogP contribution in [-0.2, 0) is 9.53 Å². The maximum absolute atomic E-state index is 11.5. The number of hydrogen-bond acceptors (Lipinski definition) is 3. The highest BCUT2D eigenvalue weighted by molar-refractivity contribution is 5.84. The van der Waals surface area contributed by atoms with Crippen molar-refractivity contribution in [2.75, 3.05) is 19.8 Å². The summed E-state index contributed by atoms with van der Waals surface area (Å²) in [4.78, 5) is 11.5. The van der Waals surface area contributed by atoms with Crippen molar-refractivity contribution in [3.05, 3.63) is 0 Å². The summed E-state index contributed by atoms with van der Waals surface area (Å²) < 4.78 is 5.16. The molecular weight excluding hydrogens is 156 g/mol. The van der Waals surface area contributed by atoms with Crippen molar-refractivity contribution in [3.8, 4) is 0 Å². The Kier molecular flexibility index (Phi) is 3.23. The fourth-order valence-corrected chi connectivity index (χ4v) is 1.66. The molecule has 0 saturated carbocycles. The number of aliphatic hydroxyl groups excluding tert-OH is 1. The lowest BCUT2D eigenvalue weighted by Gasteiger charge is -2.33. The van der Waals surface area contributed by atoms with Crippen LogP contribution in [0, 0.1) is 5.41 Å². The summed E-state index contributed by atoms with van der Waals surface area (Å²) in [6.07, 6.45) is 1.87.